The number of carboxylic acid groups (broad SMARTS) is 2. The standard InChI is InChI=1S/C9H12N4O6/c1-5-10-8(13(18)19)9(11(5)2)12(3-6(14)15)4-7(16)17/h3-4H2,1-2H3,(H,14,15)(H,16,17). The minimum atomic E-state index is -1.30. The van der Waals surface area contributed by atoms with Crippen molar-refractivity contribution in [3.05, 3.63) is 15.9 Å². The van der Waals surface area contributed by atoms with Crippen LogP contribution >= 0.6 is 0 Å². The number of nitrogens with zero attached hydrogens (tertiary/aromatic N) is 4. The van der Waals surface area contributed by atoms with E-state index in [1.807, 2.05) is 0 Å². The second-order valence-electron chi connectivity index (χ2n) is 3.77. The van der Waals surface area contributed by atoms with Gasteiger partial charge in [0.1, 0.15) is 13.1 Å². The number of carboxylic acids is 2. The molecule has 0 aliphatic carbocycles. The van der Waals surface area contributed by atoms with Gasteiger partial charge in [-0.3, -0.25) is 14.2 Å². The lowest BCUT2D eigenvalue weighted by molar-refractivity contribution is -0.388. The highest BCUT2D eigenvalue weighted by molar-refractivity contribution is 5.80. The van der Waals surface area contributed by atoms with Crippen LogP contribution < -0.4 is 4.90 Å². The maximum absolute atomic E-state index is 10.9. The number of aromatic nitrogens is 2. The van der Waals surface area contributed by atoms with E-state index in [2.05, 4.69) is 4.98 Å². The summed E-state index contributed by atoms with van der Waals surface area (Å²) in [4.78, 5) is 36.1. The topological polar surface area (TPSA) is 139 Å². The number of rotatable bonds is 6. The first-order chi connectivity index (χ1) is 8.73. The van der Waals surface area contributed by atoms with Gasteiger partial charge in [0.05, 0.1) is 0 Å². The summed E-state index contributed by atoms with van der Waals surface area (Å²) in [5, 5.41) is 28.4. The van der Waals surface area contributed by atoms with Crippen molar-refractivity contribution in [2.24, 2.45) is 7.05 Å². The summed E-state index contributed by atoms with van der Waals surface area (Å²) in [7, 11) is 1.45. The highest BCUT2D eigenvalue weighted by Gasteiger charge is 2.30. The number of imidazole rings is 1. The molecule has 10 nitrogen and oxygen atoms in total. The smallest absolute Gasteiger partial charge is 0.406 e. The van der Waals surface area contributed by atoms with Crippen molar-refractivity contribution >= 4 is 23.6 Å². The normalized spacial score (nSPS) is 10.2. The van der Waals surface area contributed by atoms with Gasteiger partial charge in [-0.15, -0.1) is 0 Å². The zero-order valence-corrected chi connectivity index (χ0v) is 10.2. The fraction of sp³-hybridized carbons (Fsp3) is 0.444. The molecule has 1 rings (SSSR count). The van der Waals surface area contributed by atoms with E-state index in [4.69, 9.17) is 10.2 Å². The van der Waals surface area contributed by atoms with Gasteiger partial charge in [-0.05, 0) is 9.91 Å². The first-order valence-corrected chi connectivity index (χ1v) is 5.10. The molecule has 10 heteroatoms. The summed E-state index contributed by atoms with van der Waals surface area (Å²) < 4.78 is 1.28. The second-order valence-corrected chi connectivity index (χ2v) is 3.77. The Morgan fingerprint density at radius 1 is 1.37 bits per heavy atom. The quantitative estimate of drug-likeness (QED) is 0.527. The third-order valence-corrected chi connectivity index (χ3v) is 2.40. The summed E-state index contributed by atoms with van der Waals surface area (Å²) in [6, 6.07) is 0. The molecule has 0 fully saturated rings. The van der Waals surface area contributed by atoms with Gasteiger partial charge >= 0.3 is 17.8 Å². The van der Waals surface area contributed by atoms with Gasteiger partial charge < -0.3 is 25.2 Å². The number of hydrogen-bond acceptors (Lipinski definition) is 6. The molecule has 19 heavy (non-hydrogen) atoms. The summed E-state index contributed by atoms with van der Waals surface area (Å²) in [5.74, 6) is -3.03. The zero-order chi connectivity index (χ0) is 14.7. The third-order valence-electron chi connectivity index (χ3n) is 2.40. The molecule has 0 bridgehead atoms. The van der Waals surface area contributed by atoms with Crippen molar-refractivity contribution in [2.75, 3.05) is 18.0 Å². The number of hydrogen-bond donors (Lipinski definition) is 2. The molecule has 0 aromatic carbocycles. The average Bonchev–Trinajstić information content (AvgIpc) is 2.53. The molecule has 0 saturated heterocycles. The lowest BCUT2D eigenvalue weighted by atomic mass is 10.4. The van der Waals surface area contributed by atoms with E-state index >= 15 is 0 Å². The van der Waals surface area contributed by atoms with Crippen molar-refractivity contribution in [3.63, 3.8) is 0 Å². The molecule has 0 atom stereocenters. The molecular weight excluding hydrogens is 260 g/mol. The second kappa shape index (κ2) is 5.33. The molecule has 1 aromatic rings. The van der Waals surface area contributed by atoms with Crippen LogP contribution in [0, 0.1) is 17.0 Å². The van der Waals surface area contributed by atoms with Crippen LogP contribution in [-0.4, -0.2) is 49.7 Å². The van der Waals surface area contributed by atoms with Crippen molar-refractivity contribution in [2.45, 2.75) is 6.92 Å². The van der Waals surface area contributed by atoms with Crippen LogP contribution in [0.1, 0.15) is 5.82 Å². The predicted octanol–water partition coefficient (Wildman–Crippen LogP) is -0.388. The molecule has 0 saturated carbocycles. The first kappa shape index (κ1) is 14.4. The van der Waals surface area contributed by atoms with Gasteiger partial charge in [-0.25, -0.2) is 0 Å². The Kier molecular flexibility index (Phi) is 4.04. The molecule has 2 N–H and O–H groups in total. The Hall–Kier alpha value is -2.65. The van der Waals surface area contributed by atoms with E-state index in [0.29, 0.717) is 0 Å². The predicted molar refractivity (Wildman–Crippen MR) is 62.1 cm³/mol. The van der Waals surface area contributed by atoms with E-state index in [0.717, 1.165) is 4.90 Å². The Morgan fingerprint density at radius 2 is 1.84 bits per heavy atom. The van der Waals surface area contributed by atoms with Crippen LogP contribution in [0.2, 0.25) is 0 Å². The van der Waals surface area contributed by atoms with Crippen LogP contribution in [0.5, 0.6) is 0 Å². The van der Waals surface area contributed by atoms with Crippen molar-refractivity contribution in [1.82, 2.24) is 9.55 Å². The van der Waals surface area contributed by atoms with Crippen molar-refractivity contribution < 1.29 is 24.7 Å². The Labute approximate surface area is 107 Å². The summed E-state index contributed by atoms with van der Waals surface area (Å²) >= 11 is 0. The zero-order valence-electron chi connectivity index (χ0n) is 10.2. The van der Waals surface area contributed by atoms with Crippen LogP contribution in [0.3, 0.4) is 0 Å². The highest BCUT2D eigenvalue weighted by atomic mass is 16.6. The molecular formula is C9H12N4O6. The van der Waals surface area contributed by atoms with Crippen LogP contribution in [0.25, 0.3) is 0 Å². The van der Waals surface area contributed by atoms with E-state index in [9.17, 15) is 19.7 Å². The largest absolute Gasteiger partial charge is 0.480 e. The SMILES string of the molecule is Cc1nc([N+](=O)[O-])c(N(CC(=O)O)CC(=O)O)n1C. The molecule has 0 radical (unpaired) electrons. The van der Waals surface area contributed by atoms with Gasteiger partial charge in [0, 0.05) is 14.0 Å². The number of anilines is 1. The van der Waals surface area contributed by atoms with E-state index < -0.39 is 35.8 Å². The Bertz CT molecular complexity index is 521. The van der Waals surface area contributed by atoms with E-state index in [1.54, 1.807) is 0 Å². The maximum Gasteiger partial charge on any atom is 0.406 e. The van der Waals surface area contributed by atoms with Crippen LogP contribution in [0.15, 0.2) is 0 Å². The lowest BCUT2D eigenvalue weighted by Gasteiger charge is -2.19. The monoisotopic (exact) mass is 272 g/mol. The summed E-state index contributed by atoms with van der Waals surface area (Å²) in [5.41, 5.74) is 0. The average molecular weight is 272 g/mol. The molecule has 0 amide bonds. The highest BCUT2D eigenvalue weighted by Crippen LogP contribution is 2.27. The van der Waals surface area contributed by atoms with Gasteiger partial charge in [0.15, 0.2) is 0 Å². The van der Waals surface area contributed by atoms with Crippen molar-refractivity contribution in [1.29, 1.82) is 0 Å². The lowest BCUT2D eigenvalue weighted by Crippen LogP contribution is -2.36. The Morgan fingerprint density at radius 3 is 2.21 bits per heavy atom. The summed E-state index contributed by atoms with van der Waals surface area (Å²) in [6.07, 6.45) is 0. The van der Waals surface area contributed by atoms with Gasteiger partial charge in [0.25, 0.3) is 0 Å². The fourth-order valence-corrected chi connectivity index (χ4v) is 1.59. The molecule has 0 spiro atoms. The van der Waals surface area contributed by atoms with Crippen LogP contribution in [-0.2, 0) is 16.6 Å². The summed E-state index contributed by atoms with van der Waals surface area (Å²) in [6.45, 7) is 0.147. The van der Waals surface area contributed by atoms with Gasteiger partial charge in [0.2, 0.25) is 11.6 Å². The van der Waals surface area contributed by atoms with Gasteiger partial charge in [-0.2, -0.15) is 0 Å². The van der Waals surface area contributed by atoms with E-state index in [1.165, 1.54) is 18.5 Å². The first-order valence-electron chi connectivity index (χ1n) is 5.10. The maximum atomic E-state index is 10.9. The third kappa shape index (κ3) is 3.18. The minimum absolute atomic E-state index is 0.146. The van der Waals surface area contributed by atoms with Crippen molar-refractivity contribution in [3.8, 4) is 0 Å². The number of aryl methyl sites for hydroxylation is 1. The molecule has 0 aliphatic heterocycles. The molecule has 1 aromatic heterocycles. The van der Waals surface area contributed by atoms with Gasteiger partial charge in [-0.1, -0.05) is 0 Å². The van der Waals surface area contributed by atoms with Crippen LogP contribution in [0.4, 0.5) is 11.6 Å². The van der Waals surface area contributed by atoms with E-state index in [-0.39, 0.29) is 11.6 Å². The molecule has 0 aliphatic rings. The molecule has 1 heterocycles. The molecule has 0 unspecified atom stereocenters. The number of nitro groups is 1. The number of aliphatic carboxylic acids is 2. The fourth-order valence-electron chi connectivity index (χ4n) is 1.59. The Balaban J connectivity index is 3.31. The number of carbonyl (C=O) groups is 2. The minimum Gasteiger partial charge on any atom is -0.480 e. The molecule has 104 valence electrons.